The number of para-hydroxylation sites is 11. The lowest BCUT2D eigenvalue weighted by molar-refractivity contribution is 0.877. The van der Waals surface area contributed by atoms with Crippen molar-refractivity contribution in [2.45, 2.75) is 0 Å². The van der Waals surface area contributed by atoms with Gasteiger partial charge < -0.3 is 0 Å². The van der Waals surface area contributed by atoms with Crippen LogP contribution in [-0.2, 0) is 0 Å². The van der Waals surface area contributed by atoms with Gasteiger partial charge in [0.2, 0.25) is 41.1 Å². The Balaban J connectivity index is 0.669. The molecule has 0 aliphatic heterocycles. The molecular formula is C105H68N16Si2. The van der Waals surface area contributed by atoms with Gasteiger partial charge in [0, 0.05) is 21.9 Å². The van der Waals surface area contributed by atoms with Crippen LogP contribution in [0.4, 0.5) is 0 Å². The van der Waals surface area contributed by atoms with E-state index < -0.39 is 16.1 Å². The Bertz CT molecular complexity index is 8340. The number of imidazole rings is 6. The quantitative estimate of drug-likeness (QED) is 0.0722. The molecular weight excluding hydrogens is 1540 g/mol. The van der Waals surface area contributed by atoms with Gasteiger partial charge >= 0.3 is 0 Å². The number of hydrogen-bond acceptors (Lipinski definition) is 9. The molecule has 0 saturated heterocycles. The molecule has 0 saturated carbocycles. The van der Waals surface area contributed by atoms with E-state index in [1.165, 1.54) is 41.5 Å². The Morgan fingerprint density at radius 3 is 0.837 bits per heavy atom. The summed E-state index contributed by atoms with van der Waals surface area (Å²) in [5.41, 5.74) is 16.5. The van der Waals surface area contributed by atoms with Gasteiger partial charge in [0.05, 0.1) is 77.2 Å². The van der Waals surface area contributed by atoms with Gasteiger partial charge in [-0.2, -0.15) is 29.9 Å². The lowest BCUT2D eigenvalue weighted by Crippen LogP contribution is -2.74. The number of hydrogen-bond donors (Lipinski definition) is 0. The molecule has 0 amide bonds. The fourth-order valence-electron chi connectivity index (χ4n) is 19.5. The molecule has 16 aromatic carbocycles. The van der Waals surface area contributed by atoms with E-state index in [0.29, 0.717) is 52.8 Å². The fourth-order valence-corrected chi connectivity index (χ4v) is 29.1. The van der Waals surface area contributed by atoms with Crippen molar-refractivity contribution in [1.29, 1.82) is 0 Å². The molecule has 0 atom stereocenters. The molecule has 0 aliphatic rings. The number of nitrogens with zero attached hydrogens (tertiary/aromatic N) is 16. The highest BCUT2D eigenvalue weighted by molar-refractivity contribution is 7.20. The van der Waals surface area contributed by atoms with Crippen molar-refractivity contribution >= 4 is 163 Å². The van der Waals surface area contributed by atoms with E-state index in [9.17, 15) is 0 Å². The molecule has 16 nitrogen and oxygen atoms in total. The second kappa shape index (κ2) is 27.6. The maximum atomic E-state index is 5.69. The fraction of sp³-hybridized carbons (Fsp3) is 0. The highest BCUT2D eigenvalue weighted by atomic mass is 28.3. The van der Waals surface area contributed by atoms with Crippen LogP contribution >= 0.6 is 0 Å². The van der Waals surface area contributed by atoms with Gasteiger partial charge in [0.25, 0.3) is 0 Å². The van der Waals surface area contributed by atoms with Crippen molar-refractivity contribution in [3.63, 3.8) is 0 Å². The first-order valence-corrected chi connectivity index (χ1v) is 45.3. The lowest BCUT2D eigenvalue weighted by Gasteiger charge is -2.34. The zero-order chi connectivity index (χ0) is 80.9. The van der Waals surface area contributed by atoms with E-state index in [0.717, 1.165) is 110 Å². The van der Waals surface area contributed by atoms with Gasteiger partial charge in [0.1, 0.15) is 0 Å². The van der Waals surface area contributed by atoms with Crippen LogP contribution in [0.25, 0.3) is 163 Å². The van der Waals surface area contributed by atoms with Gasteiger partial charge in [-0.3, -0.25) is 17.8 Å². The molecule has 0 bridgehead atoms. The average molecular weight is 1610 g/mol. The Morgan fingerprint density at radius 2 is 0.447 bits per heavy atom. The third kappa shape index (κ3) is 10.6. The third-order valence-corrected chi connectivity index (χ3v) is 34.3. The number of fused-ring (bicyclic) bond motifs is 18. The van der Waals surface area contributed by atoms with Crippen molar-refractivity contribution in [1.82, 2.24) is 76.3 Å². The molecule has 18 heteroatoms. The van der Waals surface area contributed by atoms with Crippen LogP contribution in [-0.4, -0.2) is 92.5 Å². The molecule has 0 spiro atoms. The Labute approximate surface area is 704 Å². The predicted octanol–water partition coefficient (Wildman–Crippen LogP) is 17.1. The van der Waals surface area contributed by atoms with Crippen LogP contribution in [0.3, 0.4) is 0 Å². The van der Waals surface area contributed by atoms with Crippen LogP contribution in [0.5, 0.6) is 0 Å². The maximum Gasteiger partial charge on any atom is 0.242 e. The topological polar surface area (TPSA) is 149 Å². The van der Waals surface area contributed by atoms with Gasteiger partial charge in [0.15, 0.2) is 27.8 Å². The summed E-state index contributed by atoms with van der Waals surface area (Å²) in [5, 5.41) is 12.0. The first-order valence-electron chi connectivity index (χ1n) is 41.3. The minimum absolute atomic E-state index is 0.391. The van der Waals surface area contributed by atoms with Crippen molar-refractivity contribution in [2.75, 3.05) is 0 Å². The van der Waals surface area contributed by atoms with Crippen molar-refractivity contribution in [3.05, 3.63) is 413 Å². The summed E-state index contributed by atoms with van der Waals surface area (Å²) < 4.78 is 15.1. The molecule has 0 aliphatic carbocycles. The summed E-state index contributed by atoms with van der Waals surface area (Å²) in [6, 6.07) is 148. The van der Waals surface area contributed by atoms with Crippen molar-refractivity contribution in [2.24, 2.45) is 0 Å². The normalized spacial score (nSPS) is 12.2. The van der Waals surface area contributed by atoms with Crippen LogP contribution in [0.2, 0.25) is 0 Å². The summed E-state index contributed by atoms with van der Waals surface area (Å²) >= 11 is 0. The van der Waals surface area contributed by atoms with Crippen LogP contribution in [0, 0.1) is 0 Å². The van der Waals surface area contributed by atoms with Crippen LogP contribution in [0.1, 0.15) is 0 Å². The monoisotopic (exact) mass is 1610 g/mol. The van der Waals surface area contributed by atoms with Crippen molar-refractivity contribution in [3.8, 4) is 57.7 Å². The molecule has 0 radical (unpaired) electrons. The Morgan fingerprint density at radius 1 is 0.163 bits per heavy atom. The second-order valence-corrected chi connectivity index (χ2v) is 39.0. The first kappa shape index (κ1) is 69.7. The molecule has 576 valence electrons. The molecule has 0 N–H and O–H groups in total. The largest absolute Gasteiger partial charge is 0.278 e. The van der Waals surface area contributed by atoms with Crippen LogP contribution in [0.15, 0.2) is 413 Å². The van der Waals surface area contributed by atoms with E-state index in [1.807, 2.05) is 12.1 Å². The molecule has 25 aromatic rings. The summed E-state index contributed by atoms with van der Waals surface area (Å²) in [6.07, 6.45) is 0. The van der Waals surface area contributed by atoms with Gasteiger partial charge in [-0.15, -0.1) is 0 Å². The van der Waals surface area contributed by atoms with Crippen molar-refractivity contribution < 1.29 is 0 Å². The summed E-state index contributed by atoms with van der Waals surface area (Å²) in [4.78, 5) is 50.3. The van der Waals surface area contributed by atoms with E-state index in [2.05, 4.69) is 432 Å². The third-order valence-electron chi connectivity index (χ3n) is 24.8. The Hall–Kier alpha value is -16.4. The standard InChI is InChI=1S/C105H68N16Si2/c1-7-35-73(36-8-1)122(74-37-9-2-10-38-74,75-39-11-3-12-40-75)79-47-31-33-71(65-79)97-109-99(113-100(110-97)119-94-58-28-25-55-91(94)116-88-53-23-20-50-83(88)106-103(116)119)115-86-52-22-19-49-81(86)82-67-69(61-63-87(82)115)70-62-64-90-85(68-70)108-105-118(90)93-57-27-30-60-96(93)121(105)102-112-98(111-101(114-102)120-95-59-29-26-56-92(95)117-89-54-24-21-51-84(89)107-104(117)120)72-34-32-48-80(66-72)123(76-41-13-4-14-42-76,77-43-15-5-16-44-77)78-45-17-6-18-46-78/h1-68H. The minimum atomic E-state index is -3.04. The summed E-state index contributed by atoms with van der Waals surface area (Å²) in [5.74, 6) is 4.69. The number of rotatable bonds is 15. The van der Waals surface area contributed by atoms with Gasteiger partial charge in [-0.05, 0) is 144 Å². The molecule has 0 unspecified atom stereocenters. The second-order valence-electron chi connectivity index (χ2n) is 31.4. The Kier molecular flexibility index (Phi) is 15.6. The zero-order valence-corrected chi connectivity index (χ0v) is 67.9. The van der Waals surface area contributed by atoms with E-state index in [1.54, 1.807) is 0 Å². The molecule has 9 heterocycles. The van der Waals surface area contributed by atoms with E-state index in [4.69, 9.17) is 44.9 Å². The minimum Gasteiger partial charge on any atom is -0.278 e. The average Bonchev–Trinajstić information content (AvgIpc) is 1.60. The number of benzene rings is 16. The predicted molar refractivity (Wildman–Crippen MR) is 500 cm³/mol. The molecule has 123 heavy (non-hydrogen) atoms. The molecule has 0 fully saturated rings. The first-order chi connectivity index (χ1) is 61.0. The smallest absolute Gasteiger partial charge is 0.242 e. The van der Waals surface area contributed by atoms with E-state index in [-0.39, 0.29) is 0 Å². The lowest BCUT2D eigenvalue weighted by atomic mass is 10.0. The van der Waals surface area contributed by atoms with Crippen LogP contribution < -0.4 is 41.5 Å². The maximum absolute atomic E-state index is 5.69. The SMILES string of the molecule is c1ccc([Si](c2ccccc2)(c2ccccc2)c2cccc(-c3nc(-n4c5ccccc5c5cc(-c6ccc7c(c6)nc6n(-c8nc(-c9cccc([Si](c%10ccccc%10)(c%10ccccc%10)c%10ccccc%10)c9)nc(-n9c%10ccccc%10n%10c%11ccccc%11nc9%10)n8)c8ccccc8n76)ccc54)nc(-n4c5ccccc5n5c6ccccc6nc45)n3)c2)cc1. The highest BCUT2D eigenvalue weighted by Crippen LogP contribution is 2.39. The number of aromatic nitrogens is 16. The van der Waals surface area contributed by atoms with Gasteiger partial charge in [-0.25, -0.2) is 28.7 Å². The zero-order valence-electron chi connectivity index (χ0n) is 65.9. The highest BCUT2D eigenvalue weighted by Gasteiger charge is 2.44. The van der Waals surface area contributed by atoms with Gasteiger partial charge in [-0.1, -0.05) is 322 Å². The molecule has 9 aromatic heterocycles. The molecule has 25 rings (SSSR count). The summed E-state index contributed by atoms with van der Waals surface area (Å²) in [7, 11) is -6.07. The summed E-state index contributed by atoms with van der Waals surface area (Å²) in [6.45, 7) is 0. The van der Waals surface area contributed by atoms with E-state index >= 15 is 0 Å².